The molecule has 1 aromatic carbocycles. The normalized spacial score (nSPS) is 21.6. The Bertz CT molecular complexity index is 519. The lowest BCUT2D eigenvalue weighted by molar-refractivity contribution is 0.428. The van der Waals surface area contributed by atoms with E-state index < -0.39 is 10.0 Å². The van der Waals surface area contributed by atoms with E-state index in [0.717, 1.165) is 25.8 Å². The molecular formula is C15H24N2O2S. The van der Waals surface area contributed by atoms with Gasteiger partial charge in [0.15, 0.2) is 0 Å². The highest BCUT2D eigenvalue weighted by atomic mass is 32.2. The summed E-state index contributed by atoms with van der Waals surface area (Å²) in [5.41, 5.74) is 1.19. The molecule has 5 heteroatoms. The van der Waals surface area contributed by atoms with Gasteiger partial charge in [0, 0.05) is 12.6 Å². The first kappa shape index (κ1) is 15.5. The average Bonchev–Trinajstić information content (AvgIpc) is 2.47. The Morgan fingerprint density at radius 3 is 2.60 bits per heavy atom. The Balaban J connectivity index is 2.08. The first-order valence-corrected chi connectivity index (χ1v) is 8.84. The maximum atomic E-state index is 12.3. The van der Waals surface area contributed by atoms with Crippen LogP contribution in [0.3, 0.4) is 0 Å². The van der Waals surface area contributed by atoms with Gasteiger partial charge < -0.3 is 5.32 Å². The van der Waals surface area contributed by atoms with Gasteiger partial charge in [-0.25, -0.2) is 13.1 Å². The largest absolute Gasteiger partial charge is 0.315 e. The monoisotopic (exact) mass is 296 g/mol. The summed E-state index contributed by atoms with van der Waals surface area (Å²) < 4.78 is 27.4. The third-order valence-electron chi connectivity index (χ3n) is 3.99. The third-order valence-corrected chi connectivity index (χ3v) is 5.53. The van der Waals surface area contributed by atoms with Crippen LogP contribution in [-0.2, 0) is 10.0 Å². The summed E-state index contributed by atoms with van der Waals surface area (Å²) in [7, 11) is -3.40. The Hall–Kier alpha value is -0.910. The second kappa shape index (κ2) is 6.70. The lowest BCUT2D eigenvalue weighted by atomic mass is 9.99. The summed E-state index contributed by atoms with van der Waals surface area (Å²) in [5, 5.41) is 3.21. The van der Waals surface area contributed by atoms with E-state index >= 15 is 0 Å². The number of hydrogen-bond donors (Lipinski definition) is 2. The summed E-state index contributed by atoms with van der Waals surface area (Å²) in [6.45, 7) is 5.97. The molecule has 0 aromatic heterocycles. The summed E-state index contributed by atoms with van der Waals surface area (Å²) >= 11 is 0. The van der Waals surface area contributed by atoms with Crippen LogP contribution in [0.4, 0.5) is 0 Å². The molecule has 1 saturated heterocycles. The van der Waals surface area contributed by atoms with Crippen LogP contribution in [0.25, 0.3) is 0 Å². The van der Waals surface area contributed by atoms with E-state index in [0.29, 0.717) is 17.4 Å². The van der Waals surface area contributed by atoms with E-state index in [1.54, 1.807) is 12.1 Å². The van der Waals surface area contributed by atoms with Crippen LogP contribution < -0.4 is 10.0 Å². The number of hydrogen-bond acceptors (Lipinski definition) is 3. The zero-order valence-corrected chi connectivity index (χ0v) is 13.0. The van der Waals surface area contributed by atoms with Crippen molar-refractivity contribution in [2.24, 2.45) is 0 Å². The fraction of sp³-hybridized carbons (Fsp3) is 0.600. The standard InChI is InChI=1S/C15H24N2O2S/c1-3-12(2)13-6-8-15(9-7-13)20(18,19)17-14-5-4-10-16-11-14/h6-9,12,14,16-17H,3-5,10-11H2,1-2H3. The molecule has 2 N–H and O–H groups in total. The minimum Gasteiger partial charge on any atom is -0.315 e. The molecule has 2 rings (SSSR count). The smallest absolute Gasteiger partial charge is 0.240 e. The van der Waals surface area contributed by atoms with Gasteiger partial charge in [-0.2, -0.15) is 0 Å². The van der Waals surface area contributed by atoms with Crippen LogP contribution in [0.2, 0.25) is 0 Å². The second-order valence-corrected chi connectivity index (χ2v) is 7.26. The topological polar surface area (TPSA) is 58.2 Å². The van der Waals surface area contributed by atoms with E-state index in [4.69, 9.17) is 0 Å². The second-order valence-electron chi connectivity index (χ2n) is 5.54. The van der Waals surface area contributed by atoms with Gasteiger partial charge in [-0.15, -0.1) is 0 Å². The Labute approximate surface area is 122 Å². The minimum atomic E-state index is -3.40. The predicted molar refractivity (Wildman–Crippen MR) is 81.4 cm³/mol. The molecule has 0 bridgehead atoms. The van der Waals surface area contributed by atoms with Crippen molar-refractivity contribution in [3.05, 3.63) is 29.8 Å². The highest BCUT2D eigenvalue weighted by Crippen LogP contribution is 2.20. The maximum Gasteiger partial charge on any atom is 0.240 e. The number of rotatable bonds is 5. The maximum absolute atomic E-state index is 12.3. The van der Waals surface area contributed by atoms with Gasteiger partial charge >= 0.3 is 0 Å². The van der Waals surface area contributed by atoms with Crippen LogP contribution in [0.15, 0.2) is 29.2 Å². The van der Waals surface area contributed by atoms with Gasteiger partial charge in [0.1, 0.15) is 0 Å². The summed E-state index contributed by atoms with van der Waals surface area (Å²) in [6, 6.07) is 7.26. The van der Waals surface area contributed by atoms with Crippen molar-refractivity contribution in [2.75, 3.05) is 13.1 Å². The molecule has 1 aliphatic heterocycles. The van der Waals surface area contributed by atoms with Gasteiger partial charge in [-0.05, 0) is 49.4 Å². The summed E-state index contributed by atoms with van der Waals surface area (Å²) in [5.74, 6) is 0.460. The van der Waals surface area contributed by atoms with E-state index in [1.807, 2.05) is 12.1 Å². The van der Waals surface area contributed by atoms with E-state index in [9.17, 15) is 8.42 Å². The van der Waals surface area contributed by atoms with Crippen molar-refractivity contribution < 1.29 is 8.42 Å². The predicted octanol–water partition coefficient (Wildman–Crippen LogP) is 2.23. The molecule has 1 aliphatic rings. The van der Waals surface area contributed by atoms with Crippen molar-refractivity contribution >= 4 is 10.0 Å². The van der Waals surface area contributed by atoms with Crippen LogP contribution in [0, 0.1) is 0 Å². The highest BCUT2D eigenvalue weighted by Gasteiger charge is 2.21. The zero-order valence-electron chi connectivity index (χ0n) is 12.2. The molecule has 1 heterocycles. The van der Waals surface area contributed by atoms with Crippen molar-refractivity contribution in [1.82, 2.24) is 10.0 Å². The van der Waals surface area contributed by atoms with Crippen molar-refractivity contribution in [1.29, 1.82) is 0 Å². The van der Waals surface area contributed by atoms with Crippen molar-refractivity contribution in [2.45, 2.75) is 50.0 Å². The highest BCUT2D eigenvalue weighted by molar-refractivity contribution is 7.89. The molecule has 0 saturated carbocycles. The summed E-state index contributed by atoms with van der Waals surface area (Å²) in [6.07, 6.45) is 2.97. The molecule has 112 valence electrons. The quantitative estimate of drug-likeness (QED) is 0.876. The van der Waals surface area contributed by atoms with E-state index in [-0.39, 0.29) is 6.04 Å². The van der Waals surface area contributed by atoms with Gasteiger partial charge in [-0.1, -0.05) is 26.0 Å². The number of sulfonamides is 1. The molecule has 0 spiro atoms. The fourth-order valence-electron chi connectivity index (χ4n) is 2.45. The number of nitrogens with one attached hydrogen (secondary N) is 2. The molecule has 4 nitrogen and oxygen atoms in total. The van der Waals surface area contributed by atoms with Crippen LogP contribution in [0.1, 0.15) is 44.6 Å². The van der Waals surface area contributed by atoms with Crippen molar-refractivity contribution in [3.8, 4) is 0 Å². The zero-order chi connectivity index (χ0) is 14.6. The van der Waals surface area contributed by atoms with E-state index in [2.05, 4.69) is 23.9 Å². The molecule has 0 radical (unpaired) electrons. The fourth-order valence-corrected chi connectivity index (χ4v) is 3.72. The molecule has 2 atom stereocenters. The summed E-state index contributed by atoms with van der Waals surface area (Å²) in [4.78, 5) is 0.357. The Morgan fingerprint density at radius 1 is 1.35 bits per heavy atom. The van der Waals surface area contributed by atoms with E-state index in [1.165, 1.54) is 5.56 Å². The lowest BCUT2D eigenvalue weighted by Crippen LogP contribution is -2.45. The first-order chi connectivity index (χ1) is 9.53. The molecule has 0 amide bonds. The van der Waals surface area contributed by atoms with Gasteiger partial charge in [0.2, 0.25) is 10.0 Å². The van der Waals surface area contributed by atoms with Crippen LogP contribution >= 0.6 is 0 Å². The molecule has 2 unspecified atom stereocenters. The Morgan fingerprint density at radius 2 is 2.05 bits per heavy atom. The minimum absolute atomic E-state index is 0.00277. The van der Waals surface area contributed by atoms with Gasteiger partial charge in [0.05, 0.1) is 4.90 Å². The molecule has 1 aromatic rings. The first-order valence-electron chi connectivity index (χ1n) is 7.36. The molecule has 20 heavy (non-hydrogen) atoms. The number of benzene rings is 1. The average molecular weight is 296 g/mol. The number of piperidine rings is 1. The Kier molecular flexibility index (Phi) is 5.18. The molecular weight excluding hydrogens is 272 g/mol. The van der Waals surface area contributed by atoms with Crippen LogP contribution in [-0.4, -0.2) is 27.5 Å². The molecule has 1 fully saturated rings. The van der Waals surface area contributed by atoms with Gasteiger partial charge in [0.25, 0.3) is 0 Å². The van der Waals surface area contributed by atoms with Gasteiger partial charge in [-0.3, -0.25) is 0 Å². The molecule has 0 aliphatic carbocycles. The lowest BCUT2D eigenvalue weighted by Gasteiger charge is -2.23. The third kappa shape index (κ3) is 3.81. The van der Waals surface area contributed by atoms with Crippen LogP contribution in [0.5, 0.6) is 0 Å². The van der Waals surface area contributed by atoms with Crippen molar-refractivity contribution in [3.63, 3.8) is 0 Å². The SMILES string of the molecule is CCC(C)c1ccc(S(=O)(=O)NC2CCCNC2)cc1.